The topological polar surface area (TPSA) is 0 Å². The molecule has 0 saturated carbocycles. The van der Waals surface area contributed by atoms with Crippen molar-refractivity contribution in [2.24, 2.45) is 0 Å². The molecule has 0 saturated heterocycles. The number of hydrogen-bond acceptors (Lipinski definition) is 0. The predicted molar refractivity (Wildman–Crippen MR) is 123 cm³/mol. The Kier molecular flexibility index (Phi) is 8.92. The average molecular weight is 416 g/mol. The van der Waals surface area contributed by atoms with Crippen molar-refractivity contribution in [2.45, 2.75) is 0 Å². The molecule has 0 aliphatic rings. The summed E-state index contributed by atoms with van der Waals surface area (Å²) in [4.78, 5) is 0. The van der Waals surface area contributed by atoms with E-state index in [0.29, 0.717) is 0 Å². The fraction of sp³-hybridized carbons (Fsp3) is 0. The van der Waals surface area contributed by atoms with Gasteiger partial charge in [-0.15, -0.1) is 6.08 Å². The molecule has 29 heavy (non-hydrogen) atoms. The second-order valence-electron chi connectivity index (χ2n) is 6.43. The molecule has 0 radical (unpaired) electrons. The van der Waals surface area contributed by atoms with Crippen LogP contribution >= 0.6 is 0 Å². The second-order valence-corrected chi connectivity index (χ2v) is 6.43. The SMILES string of the molecule is C=C(C(=Cc1cc[cH-]c1)C(=C)c1ccccc1)c1ccccc1.[Fe+2].c1cc[cH-]c1. The molecule has 1 heteroatoms. The summed E-state index contributed by atoms with van der Waals surface area (Å²) in [5.74, 6) is 0. The molecule has 0 unspecified atom stereocenters. The summed E-state index contributed by atoms with van der Waals surface area (Å²) in [5, 5.41) is 0. The second kappa shape index (κ2) is 11.7. The molecule has 144 valence electrons. The monoisotopic (exact) mass is 416 g/mol. The number of benzene rings is 2. The third-order valence-electron chi connectivity index (χ3n) is 4.45. The molecule has 0 aromatic heterocycles. The third kappa shape index (κ3) is 6.47. The average Bonchev–Trinajstić information content (AvgIpc) is 3.49. The molecule has 0 N–H and O–H groups in total. The molecule has 0 aliphatic heterocycles. The van der Waals surface area contributed by atoms with Crippen molar-refractivity contribution in [2.75, 3.05) is 0 Å². The van der Waals surface area contributed by atoms with Gasteiger partial charge in [-0.05, 0) is 27.8 Å². The van der Waals surface area contributed by atoms with Crippen LogP contribution in [0, 0.1) is 0 Å². The molecular formula is C28H24Fe. The van der Waals surface area contributed by atoms with Crippen LogP contribution in [0.3, 0.4) is 0 Å². The van der Waals surface area contributed by atoms with Crippen LogP contribution in [-0.4, -0.2) is 0 Å². The van der Waals surface area contributed by atoms with Gasteiger partial charge in [0.15, 0.2) is 0 Å². The summed E-state index contributed by atoms with van der Waals surface area (Å²) in [6.07, 6.45) is 2.16. The van der Waals surface area contributed by atoms with Gasteiger partial charge in [0, 0.05) is 0 Å². The summed E-state index contributed by atoms with van der Waals surface area (Å²) in [6.45, 7) is 8.65. The Morgan fingerprint density at radius 1 is 0.621 bits per heavy atom. The third-order valence-corrected chi connectivity index (χ3v) is 4.45. The van der Waals surface area contributed by atoms with Crippen molar-refractivity contribution in [1.29, 1.82) is 0 Å². The molecule has 0 fully saturated rings. The first kappa shape index (κ1) is 22.2. The normalized spacial score (nSPS) is 9.38. The van der Waals surface area contributed by atoms with Crippen LogP contribution in [0.5, 0.6) is 0 Å². The van der Waals surface area contributed by atoms with Crippen LogP contribution in [0.1, 0.15) is 16.7 Å². The quantitative estimate of drug-likeness (QED) is 0.178. The van der Waals surface area contributed by atoms with Crippen LogP contribution in [-0.2, 0) is 17.1 Å². The van der Waals surface area contributed by atoms with Crippen LogP contribution in [0.25, 0.3) is 17.2 Å². The van der Waals surface area contributed by atoms with Gasteiger partial charge in [-0.25, -0.2) is 18.2 Å². The van der Waals surface area contributed by atoms with E-state index in [1.54, 1.807) is 0 Å². The van der Waals surface area contributed by atoms with Gasteiger partial charge in [-0.1, -0.05) is 73.8 Å². The summed E-state index contributed by atoms with van der Waals surface area (Å²) in [5.41, 5.74) is 6.42. The van der Waals surface area contributed by atoms with Crippen molar-refractivity contribution in [3.05, 3.63) is 151 Å². The van der Waals surface area contributed by atoms with E-state index in [0.717, 1.165) is 33.4 Å². The largest absolute Gasteiger partial charge is 2.00 e. The minimum Gasteiger partial charge on any atom is -0.214 e. The van der Waals surface area contributed by atoms with Crippen molar-refractivity contribution in [3.63, 3.8) is 0 Å². The van der Waals surface area contributed by atoms with Gasteiger partial charge in [0.1, 0.15) is 0 Å². The van der Waals surface area contributed by atoms with Gasteiger partial charge in [0.2, 0.25) is 0 Å². The fourth-order valence-corrected chi connectivity index (χ4v) is 2.92. The van der Waals surface area contributed by atoms with Crippen LogP contribution < -0.4 is 0 Å². The molecule has 4 aromatic carbocycles. The molecule has 0 atom stereocenters. The van der Waals surface area contributed by atoms with E-state index in [4.69, 9.17) is 0 Å². The Hall–Kier alpha value is -3.12. The first-order chi connectivity index (χ1) is 13.8. The molecule has 0 heterocycles. The number of allylic oxidation sites excluding steroid dienone is 3. The Balaban J connectivity index is 0.000000437. The van der Waals surface area contributed by atoms with E-state index in [9.17, 15) is 0 Å². The van der Waals surface area contributed by atoms with Gasteiger partial charge < -0.3 is 0 Å². The van der Waals surface area contributed by atoms with Gasteiger partial charge in [-0.3, -0.25) is 0 Å². The zero-order valence-electron chi connectivity index (χ0n) is 16.3. The molecule has 0 bridgehead atoms. The van der Waals surface area contributed by atoms with Crippen molar-refractivity contribution >= 4 is 17.2 Å². The molecular weight excluding hydrogens is 392 g/mol. The Morgan fingerprint density at radius 2 is 1.14 bits per heavy atom. The minimum atomic E-state index is 0. The molecule has 4 rings (SSSR count). The maximum absolute atomic E-state index is 4.32. The minimum absolute atomic E-state index is 0. The molecule has 0 amide bonds. The molecule has 0 spiro atoms. The number of hydrogen-bond donors (Lipinski definition) is 0. The molecule has 4 aromatic rings. The maximum Gasteiger partial charge on any atom is 2.00 e. The van der Waals surface area contributed by atoms with Gasteiger partial charge in [0.25, 0.3) is 0 Å². The van der Waals surface area contributed by atoms with Gasteiger partial charge in [-0.2, -0.15) is 42.0 Å². The standard InChI is InChI=1S/C23H19.C5H5.Fe/c1-18(21-13-5-3-6-14-21)23(17-20-11-9-10-12-20)19(2)22-15-7-4-8-16-22;1-2-4-5-3-1;/h3-17H,1-2H2;1-5H;/q2*-1;+2. The van der Waals surface area contributed by atoms with Crippen LogP contribution in [0.2, 0.25) is 0 Å². The molecule has 0 nitrogen and oxygen atoms in total. The number of rotatable bonds is 5. The van der Waals surface area contributed by atoms with E-state index >= 15 is 0 Å². The zero-order chi connectivity index (χ0) is 19.6. The first-order valence-corrected chi connectivity index (χ1v) is 9.35. The Morgan fingerprint density at radius 3 is 1.52 bits per heavy atom. The summed E-state index contributed by atoms with van der Waals surface area (Å²) in [7, 11) is 0. The Bertz CT molecular complexity index is 932. The van der Waals surface area contributed by atoms with E-state index in [2.05, 4.69) is 55.6 Å². The summed E-state index contributed by atoms with van der Waals surface area (Å²) in [6, 6.07) is 38.8. The smallest absolute Gasteiger partial charge is 0.214 e. The van der Waals surface area contributed by atoms with E-state index in [1.807, 2.05) is 78.9 Å². The van der Waals surface area contributed by atoms with E-state index < -0.39 is 0 Å². The molecule has 0 aliphatic carbocycles. The summed E-state index contributed by atoms with van der Waals surface area (Å²) < 4.78 is 0. The zero-order valence-corrected chi connectivity index (χ0v) is 17.4. The van der Waals surface area contributed by atoms with Gasteiger partial charge >= 0.3 is 17.1 Å². The van der Waals surface area contributed by atoms with E-state index in [-0.39, 0.29) is 17.1 Å². The summed E-state index contributed by atoms with van der Waals surface area (Å²) >= 11 is 0. The van der Waals surface area contributed by atoms with E-state index in [1.165, 1.54) is 0 Å². The maximum atomic E-state index is 4.32. The first-order valence-electron chi connectivity index (χ1n) is 9.35. The van der Waals surface area contributed by atoms with Gasteiger partial charge in [0.05, 0.1) is 0 Å². The predicted octanol–water partition coefficient (Wildman–Crippen LogP) is 7.62. The van der Waals surface area contributed by atoms with Crippen LogP contribution in [0.15, 0.2) is 134 Å². The van der Waals surface area contributed by atoms with Crippen molar-refractivity contribution in [1.82, 2.24) is 0 Å². The van der Waals surface area contributed by atoms with Crippen LogP contribution in [0.4, 0.5) is 0 Å². The van der Waals surface area contributed by atoms with Crippen molar-refractivity contribution < 1.29 is 17.1 Å². The fourth-order valence-electron chi connectivity index (χ4n) is 2.92. The Labute approximate surface area is 184 Å². The van der Waals surface area contributed by atoms with Crippen molar-refractivity contribution in [3.8, 4) is 0 Å².